The first-order valence-electron chi connectivity index (χ1n) is 7.73. The summed E-state index contributed by atoms with van der Waals surface area (Å²) in [6.45, 7) is 4.92. The monoisotopic (exact) mass is 270 g/mol. The molecule has 1 aliphatic heterocycles. The standard InChI is InChI=1S/C16H22N4/c1-11-12(2)18-19-16(14(11)10-17)20-9-5-7-13-6-3-4-8-15(13)20/h13,15H,3-9H2,1-2H3/t13-,15-/m1/s1. The Kier molecular flexibility index (Phi) is 3.60. The molecule has 106 valence electrons. The maximum absolute atomic E-state index is 9.51. The van der Waals surface area contributed by atoms with Gasteiger partial charge in [0.1, 0.15) is 11.6 Å². The molecule has 0 aromatic carbocycles. The minimum Gasteiger partial charge on any atom is -0.351 e. The van der Waals surface area contributed by atoms with Crippen molar-refractivity contribution in [3.63, 3.8) is 0 Å². The molecular formula is C16H22N4. The van der Waals surface area contributed by atoms with Crippen LogP contribution >= 0.6 is 0 Å². The summed E-state index contributed by atoms with van der Waals surface area (Å²) in [4.78, 5) is 2.38. The van der Waals surface area contributed by atoms with Gasteiger partial charge in [0.2, 0.25) is 0 Å². The first-order valence-corrected chi connectivity index (χ1v) is 7.73. The molecule has 0 amide bonds. The van der Waals surface area contributed by atoms with E-state index in [0.29, 0.717) is 6.04 Å². The molecule has 1 aromatic rings. The number of aryl methyl sites for hydroxylation is 1. The molecule has 4 heteroatoms. The van der Waals surface area contributed by atoms with Crippen LogP contribution in [0.1, 0.15) is 55.3 Å². The molecule has 0 radical (unpaired) electrons. The molecule has 2 atom stereocenters. The third-order valence-corrected chi connectivity index (χ3v) is 5.06. The normalized spacial score (nSPS) is 25.9. The molecule has 20 heavy (non-hydrogen) atoms. The Morgan fingerprint density at radius 3 is 2.65 bits per heavy atom. The van der Waals surface area contributed by atoms with E-state index in [9.17, 15) is 5.26 Å². The lowest BCUT2D eigenvalue weighted by atomic mass is 9.78. The Morgan fingerprint density at radius 1 is 1.10 bits per heavy atom. The van der Waals surface area contributed by atoms with Crippen LogP contribution in [0.15, 0.2) is 0 Å². The van der Waals surface area contributed by atoms with Crippen LogP contribution in [0, 0.1) is 31.1 Å². The van der Waals surface area contributed by atoms with E-state index in [-0.39, 0.29) is 0 Å². The van der Waals surface area contributed by atoms with Gasteiger partial charge in [-0.2, -0.15) is 10.4 Å². The van der Waals surface area contributed by atoms with Crippen LogP contribution in [-0.4, -0.2) is 22.8 Å². The lowest BCUT2D eigenvalue weighted by molar-refractivity contribution is 0.242. The smallest absolute Gasteiger partial charge is 0.169 e. The molecule has 0 unspecified atom stereocenters. The highest BCUT2D eigenvalue weighted by Crippen LogP contribution is 2.38. The lowest BCUT2D eigenvalue weighted by Crippen LogP contribution is -2.47. The molecule has 1 saturated heterocycles. The SMILES string of the molecule is Cc1nnc(N2CCC[C@H]3CCCC[C@H]32)c(C#N)c1C. The van der Waals surface area contributed by atoms with Gasteiger partial charge in [0, 0.05) is 12.6 Å². The second-order valence-corrected chi connectivity index (χ2v) is 6.17. The summed E-state index contributed by atoms with van der Waals surface area (Å²) in [7, 11) is 0. The Labute approximate surface area is 120 Å². The third-order valence-electron chi connectivity index (χ3n) is 5.06. The Hall–Kier alpha value is -1.63. The maximum atomic E-state index is 9.51. The van der Waals surface area contributed by atoms with Crippen LogP contribution in [-0.2, 0) is 0 Å². The minimum absolute atomic E-state index is 0.570. The fraction of sp³-hybridized carbons (Fsp3) is 0.688. The van der Waals surface area contributed by atoms with Crippen LogP contribution in [0.4, 0.5) is 5.82 Å². The van der Waals surface area contributed by atoms with Crippen molar-refractivity contribution >= 4 is 5.82 Å². The van der Waals surface area contributed by atoms with Crippen molar-refractivity contribution in [3.8, 4) is 6.07 Å². The summed E-state index contributed by atoms with van der Waals surface area (Å²) < 4.78 is 0. The number of nitriles is 1. The van der Waals surface area contributed by atoms with E-state index in [1.54, 1.807) is 0 Å². The topological polar surface area (TPSA) is 52.8 Å². The van der Waals surface area contributed by atoms with Crippen molar-refractivity contribution in [1.29, 1.82) is 5.26 Å². The second kappa shape index (κ2) is 5.40. The van der Waals surface area contributed by atoms with E-state index in [0.717, 1.165) is 35.1 Å². The molecule has 2 fully saturated rings. The van der Waals surface area contributed by atoms with Gasteiger partial charge in [-0.3, -0.25) is 0 Å². The van der Waals surface area contributed by atoms with Gasteiger partial charge in [-0.25, -0.2) is 0 Å². The maximum Gasteiger partial charge on any atom is 0.169 e. The molecular weight excluding hydrogens is 248 g/mol. The fourth-order valence-corrected chi connectivity index (χ4v) is 3.82. The predicted molar refractivity (Wildman–Crippen MR) is 78.5 cm³/mol. The Balaban J connectivity index is 1.99. The first kappa shape index (κ1) is 13.4. The van der Waals surface area contributed by atoms with Crippen LogP contribution in [0.3, 0.4) is 0 Å². The fourth-order valence-electron chi connectivity index (χ4n) is 3.82. The second-order valence-electron chi connectivity index (χ2n) is 6.17. The Morgan fingerprint density at radius 2 is 1.85 bits per heavy atom. The lowest BCUT2D eigenvalue weighted by Gasteiger charge is -2.44. The summed E-state index contributed by atoms with van der Waals surface area (Å²) in [5.41, 5.74) is 2.57. The van der Waals surface area contributed by atoms with E-state index in [1.165, 1.54) is 38.5 Å². The average molecular weight is 270 g/mol. The predicted octanol–water partition coefficient (Wildman–Crippen LogP) is 3.12. The molecule has 0 N–H and O–H groups in total. The highest BCUT2D eigenvalue weighted by atomic mass is 15.3. The molecule has 3 rings (SSSR count). The summed E-state index contributed by atoms with van der Waals surface area (Å²) >= 11 is 0. The zero-order chi connectivity index (χ0) is 14.1. The zero-order valence-electron chi connectivity index (χ0n) is 12.4. The highest BCUT2D eigenvalue weighted by Gasteiger charge is 2.35. The number of piperidine rings is 1. The van der Waals surface area contributed by atoms with Gasteiger partial charge in [-0.05, 0) is 51.0 Å². The molecule has 0 spiro atoms. The van der Waals surface area contributed by atoms with Gasteiger partial charge in [0.05, 0.1) is 5.69 Å². The molecule has 0 bridgehead atoms. The van der Waals surface area contributed by atoms with E-state index >= 15 is 0 Å². The molecule has 2 heterocycles. The number of nitrogens with zero attached hydrogens (tertiary/aromatic N) is 4. The third kappa shape index (κ3) is 2.15. The number of rotatable bonds is 1. The van der Waals surface area contributed by atoms with Crippen LogP contribution in [0.5, 0.6) is 0 Å². The molecule has 1 aromatic heterocycles. The largest absolute Gasteiger partial charge is 0.351 e. The van der Waals surface area contributed by atoms with Crippen LogP contribution in [0.2, 0.25) is 0 Å². The molecule has 2 aliphatic rings. The van der Waals surface area contributed by atoms with Crippen molar-refractivity contribution in [1.82, 2.24) is 10.2 Å². The summed E-state index contributed by atoms with van der Waals surface area (Å²) in [5.74, 6) is 1.61. The van der Waals surface area contributed by atoms with E-state index in [2.05, 4.69) is 21.2 Å². The van der Waals surface area contributed by atoms with Gasteiger partial charge in [-0.1, -0.05) is 12.8 Å². The van der Waals surface area contributed by atoms with Gasteiger partial charge >= 0.3 is 0 Å². The van der Waals surface area contributed by atoms with E-state index in [1.807, 2.05) is 13.8 Å². The quantitative estimate of drug-likeness (QED) is 0.786. The van der Waals surface area contributed by atoms with Crippen LogP contribution < -0.4 is 4.90 Å². The van der Waals surface area contributed by atoms with Crippen molar-refractivity contribution in [2.24, 2.45) is 5.92 Å². The summed E-state index contributed by atoms with van der Waals surface area (Å²) in [6.07, 6.45) is 7.78. The van der Waals surface area contributed by atoms with Gasteiger partial charge in [-0.15, -0.1) is 5.10 Å². The molecule has 1 aliphatic carbocycles. The summed E-state index contributed by atoms with van der Waals surface area (Å²) in [5, 5.41) is 18.1. The number of anilines is 1. The zero-order valence-corrected chi connectivity index (χ0v) is 12.4. The molecule has 4 nitrogen and oxygen atoms in total. The minimum atomic E-state index is 0.570. The van der Waals surface area contributed by atoms with Gasteiger partial charge in [0.25, 0.3) is 0 Å². The number of fused-ring (bicyclic) bond motifs is 1. The number of hydrogen-bond donors (Lipinski definition) is 0. The van der Waals surface area contributed by atoms with Gasteiger partial charge in [0.15, 0.2) is 5.82 Å². The van der Waals surface area contributed by atoms with Crippen molar-refractivity contribution in [3.05, 3.63) is 16.8 Å². The average Bonchev–Trinajstić information content (AvgIpc) is 2.49. The van der Waals surface area contributed by atoms with Gasteiger partial charge < -0.3 is 4.90 Å². The number of aromatic nitrogens is 2. The highest BCUT2D eigenvalue weighted by molar-refractivity contribution is 5.58. The first-order chi connectivity index (χ1) is 9.72. The van der Waals surface area contributed by atoms with Crippen molar-refractivity contribution in [2.45, 2.75) is 58.4 Å². The Bertz CT molecular complexity index is 544. The van der Waals surface area contributed by atoms with Crippen molar-refractivity contribution < 1.29 is 0 Å². The number of hydrogen-bond acceptors (Lipinski definition) is 4. The van der Waals surface area contributed by atoms with E-state index < -0.39 is 0 Å². The van der Waals surface area contributed by atoms with Crippen LogP contribution in [0.25, 0.3) is 0 Å². The van der Waals surface area contributed by atoms with Crippen molar-refractivity contribution in [2.75, 3.05) is 11.4 Å². The molecule has 1 saturated carbocycles. The summed E-state index contributed by atoms with van der Waals surface area (Å²) in [6, 6.07) is 2.92. The van der Waals surface area contributed by atoms with E-state index in [4.69, 9.17) is 0 Å².